The van der Waals surface area contributed by atoms with E-state index in [2.05, 4.69) is 16.9 Å². The van der Waals surface area contributed by atoms with Crippen molar-refractivity contribution in [3.63, 3.8) is 0 Å². The number of nitrogens with one attached hydrogen (secondary N) is 2. The predicted molar refractivity (Wildman–Crippen MR) is 223 cm³/mol. The third kappa shape index (κ3) is 8.14. The van der Waals surface area contributed by atoms with Crippen molar-refractivity contribution in [3.05, 3.63) is 155 Å². The summed E-state index contributed by atoms with van der Waals surface area (Å²) in [4.78, 5) is 63.1. The number of benzene rings is 4. The second-order valence-electron chi connectivity index (χ2n) is 15.1. The summed E-state index contributed by atoms with van der Waals surface area (Å²) in [7, 11) is -4.48. The fourth-order valence-corrected chi connectivity index (χ4v) is 9.70. The summed E-state index contributed by atoms with van der Waals surface area (Å²) in [5.74, 6) is -1.36. The van der Waals surface area contributed by atoms with Crippen LogP contribution in [0.2, 0.25) is 0 Å². The van der Waals surface area contributed by atoms with Gasteiger partial charge in [-0.1, -0.05) is 90.0 Å². The third-order valence-electron chi connectivity index (χ3n) is 10.6. The highest BCUT2D eigenvalue weighted by Gasteiger charge is 2.54. The van der Waals surface area contributed by atoms with E-state index in [0.29, 0.717) is 22.0 Å². The first kappa shape index (κ1) is 40.7. The molecular weight excluding hydrogens is 769 g/mol. The highest BCUT2D eigenvalue weighted by Crippen LogP contribution is 2.41. The fraction of sp³-hybridized carbons (Fsp3) is 0.244. The van der Waals surface area contributed by atoms with Gasteiger partial charge in [0.2, 0.25) is 21.7 Å². The Hall–Kier alpha value is -6.51. The molecule has 1 aromatic heterocycles. The van der Waals surface area contributed by atoms with Crippen molar-refractivity contribution >= 4 is 44.4 Å². The van der Waals surface area contributed by atoms with Crippen LogP contribution in [-0.4, -0.2) is 93.8 Å². The van der Waals surface area contributed by atoms with Gasteiger partial charge in [0, 0.05) is 42.2 Å². The molecule has 0 radical (unpaired) electrons. The summed E-state index contributed by atoms with van der Waals surface area (Å²) < 4.78 is 30.6. The van der Waals surface area contributed by atoms with Gasteiger partial charge in [0.15, 0.2) is 11.2 Å². The van der Waals surface area contributed by atoms with Gasteiger partial charge in [-0.2, -0.15) is 0 Å². The highest BCUT2D eigenvalue weighted by molar-refractivity contribution is 7.91. The zero-order chi connectivity index (χ0) is 42.0. The van der Waals surface area contributed by atoms with Gasteiger partial charge in [0.1, 0.15) is 18.0 Å². The van der Waals surface area contributed by atoms with Gasteiger partial charge < -0.3 is 25.2 Å². The molecule has 0 aliphatic carbocycles. The zero-order valence-corrected chi connectivity index (χ0v) is 33.9. The molecule has 14 heteroatoms. The quantitative estimate of drug-likeness (QED) is 0.0780. The number of carbonyl (C=O) groups excluding carboxylic acids is 4. The lowest BCUT2D eigenvalue weighted by Crippen LogP contribution is -2.77. The van der Waals surface area contributed by atoms with Crippen LogP contribution >= 0.6 is 0 Å². The van der Waals surface area contributed by atoms with Crippen molar-refractivity contribution in [1.29, 1.82) is 0 Å². The van der Waals surface area contributed by atoms with Gasteiger partial charge >= 0.3 is 6.03 Å². The van der Waals surface area contributed by atoms with E-state index >= 15 is 13.2 Å². The molecule has 4 aromatic carbocycles. The number of urea groups is 1. The number of ketones is 1. The standard InChI is InChI=1S/C45H46N6O7S/c1-5-22-48-28-41(54)50-38(24-31-16-18-33(52)19-17-31)43(55)49(27-40(50)51(48)45(56)47-25-32-10-7-6-8-11-32)44(59(57,58)34-20-14-30(4)15-21-34)36-13-9-12-35-37(26-46-42(35)36)39(53)23-29(2)3/h5-21,23,26,38,40,44,46,52H,1,22,24-25,27-28H2,2-4H3,(H,47,56). The summed E-state index contributed by atoms with van der Waals surface area (Å²) in [5, 5.41) is 14.7. The Morgan fingerprint density at radius 3 is 2.34 bits per heavy atom. The van der Waals surface area contributed by atoms with Crippen LogP contribution < -0.4 is 5.32 Å². The number of allylic oxidation sites excluding steroid dienone is 2. The molecule has 13 nitrogen and oxygen atoms in total. The number of fused-ring (bicyclic) bond motifs is 2. The van der Waals surface area contributed by atoms with Crippen molar-refractivity contribution in [2.45, 2.75) is 56.2 Å². The smallest absolute Gasteiger partial charge is 0.334 e. The number of nitrogens with zero attached hydrogens (tertiary/aromatic N) is 4. The number of aryl methyl sites for hydroxylation is 1. The molecule has 2 saturated heterocycles. The molecule has 59 heavy (non-hydrogen) atoms. The molecule has 3 unspecified atom stereocenters. The molecule has 2 aliphatic rings. The number of rotatable bonds is 12. The Kier molecular flexibility index (Phi) is 11.6. The molecule has 3 atom stereocenters. The minimum atomic E-state index is -4.48. The number of hydrazine groups is 1. The second-order valence-corrected chi connectivity index (χ2v) is 17.1. The number of aromatic amines is 1. The van der Waals surface area contributed by atoms with Gasteiger partial charge in [-0.25, -0.2) is 23.2 Å². The lowest BCUT2D eigenvalue weighted by molar-refractivity contribution is -0.189. The lowest BCUT2D eigenvalue weighted by Gasteiger charge is -2.56. The van der Waals surface area contributed by atoms with Crippen LogP contribution in [0.3, 0.4) is 0 Å². The first-order chi connectivity index (χ1) is 28.3. The van der Waals surface area contributed by atoms with E-state index in [1.54, 1.807) is 67.4 Å². The zero-order valence-electron chi connectivity index (χ0n) is 33.0. The number of phenolic OH excluding ortho intramolecular Hbond substituents is 1. The number of sulfone groups is 1. The van der Waals surface area contributed by atoms with Gasteiger partial charge in [0.25, 0.3) is 0 Å². The molecule has 3 heterocycles. The van der Waals surface area contributed by atoms with E-state index in [1.165, 1.54) is 51.3 Å². The molecule has 7 rings (SSSR count). The van der Waals surface area contributed by atoms with Crippen molar-refractivity contribution < 1.29 is 32.7 Å². The van der Waals surface area contributed by atoms with E-state index in [9.17, 15) is 19.5 Å². The fourth-order valence-electron chi connectivity index (χ4n) is 7.87. The molecular formula is C45H46N6O7S. The molecule has 304 valence electrons. The van der Waals surface area contributed by atoms with E-state index in [1.807, 2.05) is 37.3 Å². The van der Waals surface area contributed by atoms with E-state index in [-0.39, 0.29) is 54.6 Å². The maximum Gasteiger partial charge on any atom is 0.334 e. The number of para-hydroxylation sites is 1. The normalized spacial score (nSPS) is 17.7. The third-order valence-corrected chi connectivity index (χ3v) is 12.6. The number of piperazine rings is 1. The number of aromatic nitrogens is 1. The minimum absolute atomic E-state index is 0.00402. The van der Waals surface area contributed by atoms with E-state index in [4.69, 9.17) is 0 Å². The molecule has 5 aromatic rings. The van der Waals surface area contributed by atoms with Gasteiger partial charge in [-0.15, -0.1) is 6.58 Å². The highest BCUT2D eigenvalue weighted by atomic mass is 32.2. The van der Waals surface area contributed by atoms with Crippen LogP contribution in [-0.2, 0) is 32.4 Å². The molecule has 2 fully saturated rings. The van der Waals surface area contributed by atoms with E-state index < -0.39 is 45.3 Å². The Labute approximate surface area is 343 Å². The van der Waals surface area contributed by atoms with Crippen LogP contribution in [0, 0.1) is 6.92 Å². The van der Waals surface area contributed by atoms with Crippen LogP contribution in [0.25, 0.3) is 10.9 Å². The van der Waals surface area contributed by atoms with Crippen molar-refractivity contribution in [3.8, 4) is 5.75 Å². The van der Waals surface area contributed by atoms with Crippen molar-refractivity contribution in [2.24, 2.45) is 0 Å². The van der Waals surface area contributed by atoms with Gasteiger partial charge in [-0.3, -0.25) is 14.4 Å². The van der Waals surface area contributed by atoms with Gasteiger partial charge in [-0.05, 0) is 62.2 Å². The Morgan fingerprint density at radius 2 is 1.66 bits per heavy atom. The topological polar surface area (TPSA) is 163 Å². The SMILES string of the molecule is C=CCN1CC(=O)N2C(Cc3ccc(O)cc3)C(=O)N(C(c3cccc4c(C(=O)C=C(C)C)c[nH]c34)S(=O)(=O)c3ccc(C)cc3)CC2N1C(=O)NCc1ccccc1. The molecule has 4 amide bonds. The van der Waals surface area contributed by atoms with Crippen LogP contribution in [0.15, 0.2) is 132 Å². The number of hydrogen-bond acceptors (Lipinski definition) is 8. The second kappa shape index (κ2) is 16.8. The van der Waals surface area contributed by atoms with Crippen LogP contribution in [0.1, 0.15) is 51.8 Å². The first-order valence-electron chi connectivity index (χ1n) is 19.2. The number of hydrogen-bond donors (Lipinski definition) is 3. The average molecular weight is 815 g/mol. The Morgan fingerprint density at radius 1 is 0.949 bits per heavy atom. The number of aromatic hydroxyl groups is 1. The average Bonchev–Trinajstić information content (AvgIpc) is 3.65. The number of amides is 4. The van der Waals surface area contributed by atoms with E-state index in [0.717, 1.165) is 16.7 Å². The van der Waals surface area contributed by atoms with Crippen molar-refractivity contribution in [2.75, 3.05) is 19.6 Å². The first-order valence-corrected chi connectivity index (χ1v) is 20.8. The van der Waals surface area contributed by atoms with Crippen LogP contribution in [0.4, 0.5) is 4.79 Å². The summed E-state index contributed by atoms with van der Waals surface area (Å²) >= 11 is 0. The Bertz CT molecular complexity index is 2550. The molecule has 2 aliphatic heterocycles. The molecule has 0 spiro atoms. The van der Waals surface area contributed by atoms with Gasteiger partial charge in [0.05, 0.1) is 23.5 Å². The number of carbonyl (C=O) groups is 4. The maximum atomic E-state index is 15.3. The van der Waals surface area contributed by atoms with Crippen LogP contribution in [0.5, 0.6) is 5.75 Å². The molecule has 3 N–H and O–H groups in total. The van der Waals surface area contributed by atoms with Crippen molar-refractivity contribution in [1.82, 2.24) is 30.1 Å². The number of phenols is 1. The Balaban J connectivity index is 1.42. The maximum absolute atomic E-state index is 15.3. The summed E-state index contributed by atoms with van der Waals surface area (Å²) in [6, 6.07) is 25.0. The predicted octanol–water partition coefficient (Wildman–Crippen LogP) is 6.04. The summed E-state index contributed by atoms with van der Waals surface area (Å²) in [5.41, 5.74) is 3.91. The molecule has 0 saturated carbocycles. The largest absolute Gasteiger partial charge is 0.508 e. The lowest BCUT2D eigenvalue weighted by atomic mass is 9.97. The molecule has 0 bridgehead atoms. The number of H-pyrrole nitrogens is 1. The summed E-state index contributed by atoms with van der Waals surface area (Å²) in [6.07, 6.45) is 3.37. The summed E-state index contributed by atoms with van der Waals surface area (Å²) in [6.45, 7) is 8.91. The minimum Gasteiger partial charge on any atom is -0.508 e. The monoisotopic (exact) mass is 814 g/mol.